The lowest BCUT2D eigenvalue weighted by Gasteiger charge is -2.08. The summed E-state index contributed by atoms with van der Waals surface area (Å²) in [6, 6.07) is 4.92. The molecule has 1 aromatic rings. The lowest BCUT2D eigenvalue weighted by molar-refractivity contribution is 0.0692. The molecule has 1 atom stereocenters. The summed E-state index contributed by atoms with van der Waals surface area (Å²) in [6.07, 6.45) is 17.9. The monoisotopic (exact) mass is 390 g/mol. The summed E-state index contributed by atoms with van der Waals surface area (Å²) < 4.78 is 0. The highest BCUT2D eigenvalue weighted by molar-refractivity contribution is 5.92. The molecule has 0 radical (unpaired) electrons. The second-order valence-corrected chi connectivity index (χ2v) is 7.62. The van der Waals surface area contributed by atoms with E-state index in [9.17, 15) is 20.1 Å². The summed E-state index contributed by atoms with van der Waals surface area (Å²) in [7, 11) is 0. The minimum atomic E-state index is -1.06. The van der Waals surface area contributed by atoms with E-state index in [0.29, 0.717) is 6.42 Å². The SMILES string of the molecule is CCC/C=C/C(O)CCCCCCCCCCCc1cccc(O)c1C(=O)O. The predicted octanol–water partition coefficient (Wildman–Crippen LogP) is 6.25. The van der Waals surface area contributed by atoms with E-state index in [2.05, 4.69) is 13.0 Å². The number of phenols is 1. The first-order chi connectivity index (χ1) is 13.6. The van der Waals surface area contributed by atoms with Crippen LogP contribution in [-0.4, -0.2) is 27.4 Å². The van der Waals surface area contributed by atoms with E-state index < -0.39 is 5.97 Å². The molecule has 0 bridgehead atoms. The molecule has 0 aliphatic heterocycles. The number of aliphatic hydroxyl groups excluding tert-OH is 1. The van der Waals surface area contributed by atoms with Crippen LogP contribution in [0.1, 0.15) is 99.9 Å². The Morgan fingerprint density at radius 1 is 1.00 bits per heavy atom. The number of hydrogen-bond donors (Lipinski definition) is 3. The molecule has 0 spiro atoms. The van der Waals surface area contributed by atoms with Gasteiger partial charge in [0.1, 0.15) is 11.3 Å². The topological polar surface area (TPSA) is 77.8 Å². The largest absolute Gasteiger partial charge is 0.507 e. The highest BCUT2D eigenvalue weighted by Gasteiger charge is 2.14. The van der Waals surface area contributed by atoms with Crippen LogP contribution in [0.5, 0.6) is 5.75 Å². The van der Waals surface area contributed by atoms with Crippen LogP contribution < -0.4 is 0 Å². The molecule has 0 fully saturated rings. The molecule has 28 heavy (non-hydrogen) atoms. The lowest BCUT2D eigenvalue weighted by atomic mass is 9.99. The van der Waals surface area contributed by atoms with Crippen molar-refractivity contribution in [1.82, 2.24) is 0 Å². The highest BCUT2D eigenvalue weighted by atomic mass is 16.4. The van der Waals surface area contributed by atoms with Gasteiger partial charge in [-0.05, 0) is 37.3 Å². The zero-order chi connectivity index (χ0) is 20.6. The van der Waals surface area contributed by atoms with Gasteiger partial charge in [0.2, 0.25) is 0 Å². The molecule has 158 valence electrons. The summed E-state index contributed by atoms with van der Waals surface area (Å²) >= 11 is 0. The van der Waals surface area contributed by atoms with Crippen molar-refractivity contribution in [3.05, 3.63) is 41.5 Å². The number of rotatable bonds is 16. The van der Waals surface area contributed by atoms with E-state index in [1.54, 1.807) is 12.1 Å². The Bertz CT molecular complexity index is 580. The molecule has 0 aliphatic carbocycles. The number of carboxylic acids is 1. The van der Waals surface area contributed by atoms with E-state index in [-0.39, 0.29) is 17.4 Å². The highest BCUT2D eigenvalue weighted by Crippen LogP contribution is 2.23. The van der Waals surface area contributed by atoms with E-state index in [4.69, 9.17) is 0 Å². The summed E-state index contributed by atoms with van der Waals surface area (Å²) in [4.78, 5) is 11.2. The Hall–Kier alpha value is -1.81. The number of aromatic hydroxyl groups is 1. The minimum absolute atomic E-state index is 0.0495. The molecule has 0 amide bonds. The standard InChI is InChI=1S/C24H38O4/c1-2-3-11-17-21(25)18-13-10-8-6-4-5-7-9-12-15-20-16-14-19-22(26)23(20)24(27)28/h11,14,16-17,19,21,25-26H,2-10,12-13,15,18H2,1H3,(H,27,28)/b17-11+. The molecule has 1 unspecified atom stereocenters. The second kappa shape index (κ2) is 15.2. The quantitative estimate of drug-likeness (QED) is 0.230. The van der Waals surface area contributed by atoms with Crippen molar-refractivity contribution in [3.8, 4) is 5.75 Å². The zero-order valence-electron chi connectivity index (χ0n) is 17.4. The summed E-state index contributed by atoms with van der Waals surface area (Å²) in [5.74, 6) is -1.20. The van der Waals surface area contributed by atoms with Crippen LogP contribution in [0.2, 0.25) is 0 Å². The van der Waals surface area contributed by atoms with Crippen LogP contribution in [0.3, 0.4) is 0 Å². The summed E-state index contributed by atoms with van der Waals surface area (Å²) in [5, 5.41) is 28.7. The third kappa shape index (κ3) is 10.5. The van der Waals surface area contributed by atoms with Crippen molar-refractivity contribution in [1.29, 1.82) is 0 Å². The maximum absolute atomic E-state index is 11.2. The number of aliphatic hydroxyl groups is 1. The number of unbranched alkanes of at least 4 members (excludes halogenated alkanes) is 9. The molecular formula is C24H38O4. The molecule has 1 aromatic carbocycles. The van der Waals surface area contributed by atoms with E-state index >= 15 is 0 Å². The van der Waals surface area contributed by atoms with Crippen LogP contribution in [-0.2, 0) is 6.42 Å². The van der Waals surface area contributed by atoms with Crippen molar-refractivity contribution < 1.29 is 20.1 Å². The smallest absolute Gasteiger partial charge is 0.339 e. The van der Waals surface area contributed by atoms with Crippen LogP contribution in [0.4, 0.5) is 0 Å². The van der Waals surface area contributed by atoms with Gasteiger partial charge in [-0.3, -0.25) is 0 Å². The fourth-order valence-corrected chi connectivity index (χ4v) is 3.46. The molecule has 4 heteroatoms. The molecule has 0 aliphatic rings. The van der Waals surface area contributed by atoms with Crippen LogP contribution >= 0.6 is 0 Å². The molecule has 0 heterocycles. The van der Waals surface area contributed by atoms with Gasteiger partial charge in [0.15, 0.2) is 0 Å². The summed E-state index contributed by atoms with van der Waals surface area (Å²) in [5.41, 5.74) is 0.771. The first-order valence-electron chi connectivity index (χ1n) is 10.9. The minimum Gasteiger partial charge on any atom is -0.507 e. The Morgan fingerprint density at radius 2 is 1.61 bits per heavy atom. The number of carboxylic acid groups (broad SMARTS) is 1. The maximum Gasteiger partial charge on any atom is 0.339 e. The number of allylic oxidation sites excluding steroid dienone is 1. The Balaban J connectivity index is 2.00. The van der Waals surface area contributed by atoms with Gasteiger partial charge in [0, 0.05) is 0 Å². The second-order valence-electron chi connectivity index (χ2n) is 7.62. The predicted molar refractivity (Wildman–Crippen MR) is 115 cm³/mol. The van der Waals surface area contributed by atoms with E-state index in [1.165, 1.54) is 44.6 Å². The first kappa shape index (κ1) is 24.2. The lowest BCUT2D eigenvalue weighted by Crippen LogP contribution is -2.03. The average Bonchev–Trinajstić information content (AvgIpc) is 2.66. The van der Waals surface area contributed by atoms with Gasteiger partial charge in [-0.15, -0.1) is 0 Å². The Labute approximate surface area is 170 Å². The van der Waals surface area contributed by atoms with Gasteiger partial charge in [-0.1, -0.05) is 89.0 Å². The Kier molecular flexibility index (Phi) is 13.1. The van der Waals surface area contributed by atoms with Crippen molar-refractivity contribution in [3.63, 3.8) is 0 Å². The van der Waals surface area contributed by atoms with Gasteiger partial charge in [0.25, 0.3) is 0 Å². The van der Waals surface area contributed by atoms with Crippen LogP contribution in [0.25, 0.3) is 0 Å². The Morgan fingerprint density at radius 3 is 2.21 bits per heavy atom. The van der Waals surface area contributed by atoms with Gasteiger partial charge in [-0.25, -0.2) is 4.79 Å². The van der Waals surface area contributed by atoms with Gasteiger partial charge < -0.3 is 15.3 Å². The molecule has 1 rings (SSSR count). The van der Waals surface area contributed by atoms with Crippen molar-refractivity contribution in [2.45, 2.75) is 96.5 Å². The molecule has 0 saturated carbocycles. The van der Waals surface area contributed by atoms with Crippen molar-refractivity contribution in [2.24, 2.45) is 0 Å². The van der Waals surface area contributed by atoms with E-state index in [1.807, 2.05) is 6.08 Å². The average molecular weight is 391 g/mol. The van der Waals surface area contributed by atoms with Crippen molar-refractivity contribution in [2.75, 3.05) is 0 Å². The van der Waals surface area contributed by atoms with Crippen LogP contribution in [0, 0.1) is 0 Å². The molecule has 3 N–H and O–H groups in total. The number of aromatic carboxylic acids is 1. The normalized spacial score (nSPS) is 12.5. The molecule has 4 nitrogen and oxygen atoms in total. The van der Waals surface area contributed by atoms with Gasteiger partial charge in [0.05, 0.1) is 6.10 Å². The van der Waals surface area contributed by atoms with E-state index in [0.717, 1.165) is 44.1 Å². The van der Waals surface area contributed by atoms with Gasteiger partial charge >= 0.3 is 5.97 Å². The number of hydrogen-bond acceptors (Lipinski definition) is 3. The fraction of sp³-hybridized carbons (Fsp3) is 0.625. The zero-order valence-corrected chi connectivity index (χ0v) is 17.4. The molecule has 0 saturated heterocycles. The summed E-state index contributed by atoms with van der Waals surface area (Å²) in [6.45, 7) is 2.14. The number of carbonyl (C=O) groups is 1. The van der Waals surface area contributed by atoms with Crippen molar-refractivity contribution >= 4 is 5.97 Å². The maximum atomic E-state index is 11.2. The number of aryl methyl sites for hydroxylation is 1. The number of benzene rings is 1. The fourth-order valence-electron chi connectivity index (χ4n) is 3.46. The third-order valence-corrected chi connectivity index (χ3v) is 5.10. The molecule has 0 aromatic heterocycles. The van der Waals surface area contributed by atoms with Gasteiger partial charge in [-0.2, -0.15) is 0 Å². The third-order valence-electron chi connectivity index (χ3n) is 5.10. The van der Waals surface area contributed by atoms with Crippen LogP contribution in [0.15, 0.2) is 30.4 Å². The molecular weight excluding hydrogens is 352 g/mol. The first-order valence-corrected chi connectivity index (χ1v) is 10.9.